The molecule has 0 saturated heterocycles. The van der Waals surface area contributed by atoms with Gasteiger partial charge in [-0.3, -0.25) is 4.98 Å². The molecule has 1 N–H and O–H groups in total. The lowest BCUT2D eigenvalue weighted by Crippen LogP contribution is -2.03. The molecule has 0 aromatic carbocycles. The van der Waals surface area contributed by atoms with Gasteiger partial charge >= 0.3 is 5.97 Å². The fourth-order valence-corrected chi connectivity index (χ4v) is 2.04. The molecule has 17 heavy (non-hydrogen) atoms. The number of ether oxygens (including phenoxy) is 1. The Labute approximate surface area is 97.5 Å². The van der Waals surface area contributed by atoms with Gasteiger partial charge in [0.15, 0.2) is 15.5 Å². The minimum atomic E-state index is -3.30. The first-order valence-electron chi connectivity index (χ1n) is 4.69. The van der Waals surface area contributed by atoms with E-state index in [0.717, 1.165) is 6.26 Å². The summed E-state index contributed by atoms with van der Waals surface area (Å²) in [6.45, 7) is 0. The number of hydrogen-bond donors (Lipinski definition) is 1. The number of aromatic nitrogens is 2. The van der Waals surface area contributed by atoms with Gasteiger partial charge in [0.25, 0.3) is 0 Å². The van der Waals surface area contributed by atoms with Gasteiger partial charge in [-0.15, -0.1) is 0 Å². The largest absolute Gasteiger partial charge is 0.464 e. The van der Waals surface area contributed by atoms with Crippen LogP contribution >= 0.6 is 0 Å². The Morgan fingerprint density at radius 1 is 1.47 bits per heavy atom. The van der Waals surface area contributed by atoms with E-state index in [1.807, 2.05) is 0 Å². The van der Waals surface area contributed by atoms with Gasteiger partial charge in [-0.2, -0.15) is 0 Å². The van der Waals surface area contributed by atoms with Crippen molar-refractivity contribution in [1.82, 2.24) is 9.97 Å². The van der Waals surface area contributed by atoms with Crippen molar-refractivity contribution >= 4 is 26.7 Å². The molecule has 0 unspecified atom stereocenters. The number of carbonyl (C=O) groups is 1. The molecule has 0 atom stereocenters. The van der Waals surface area contributed by atoms with E-state index in [0.29, 0.717) is 10.9 Å². The monoisotopic (exact) mass is 254 g/mol. The van der Waals surface area contributed by atoms with Gasteiger partial charge < -0.3 is 9.72 Å². The maximum atomic E-state index is 11.4. The molecule has 0 amide bonds. The standard InChI is InChI=1S/C10H10N2O4S/c1-16-10(13)9-8-6(4-11-9)3-7(5-12-8)17(2,14)15/h3-5,11H,1-2H3. The van der Waals surface area contributed by atoms with Crippen LogP contribution in [0.3, 0.4) is 0 Å². The van der Waals surface area contributed by atoms with Crippen LogP contribution in [-0.2, 0) is 14.6 Å². The van der Waals surface area contributed by atoms with Crippen LogP contribution in [0.4, 0.5) is 0 Å². The predicted octanol–water partition coefficient (Wildman–Crippen LogP) is 0.753. The Kier molecular flexibility index (Phi) is 2.62. The van der Waals surface area contributed by atoms with Gasteiger partial charge in [0.05, 0.1) is 12.0 Å². The van der Waals surface area contributed by atoms with E-state index in [1.54, 1.807) is 0 Å². The van der Waals surface area contributed by atoms with Gasteiger partial charge in [0.2, 0.25) is 0 Å². The minimum Gasteiger partial charge on any atom is -0.464 e. The topological polar surface area (TPSA) is 89.1 Å². The summed E-state index contributed by atoms with van der Waals surface area (Å²) in [4.78, 5) is 18.1. The molecule has 0 aliphatic heterocycles. The van der Waals surface area contributed by atoms with Gasteiger partial charge in [-0.1, -0.05) is 0 Å². The van der Waals surface area contributed by atoms with Gasteiger partial charge in [0, 0.05) is 24.0 Å². The first-order valence-corrected chi connectivity index (χ1v) is 6.58. The van der Waals surface area contributed by atoms with Crippen LogP contribution in [0.15, 0.2) is 23.4 Å². The van der Waals surface area contributed by atoms with Gasteiger partial charge in [-0.05, 0) is 6.07 Å². The smallest absolute Gasteiger partial charge is 0.356 e. The number of methoxy groups -OCH3 is 1. The highest BCUT2D eigenvalue weighted by Gasteiger charge is 2.16. The summed E-state index contributed by atoms with van der Waals surface area (Å²) in [6.07, 6.45) is 3.84. The minimum absolute atomic E-state index is 0.111. The second kappa shape index (κ2) is 3.85. The summed E-state index contributed by atoms with van der Waals surface area (Å²) >= 11 is 0. The quantitative estimate of drug-likeness (QED) is 0.799. The Morgan fingerprint density at radius 2 is 2.18 bits per heavy atom. The van der Waals surface area contributed by atoms with E-state index < -0.39 is 15.8 Å². The number of H-pyrrole nitrogens is 1. The molecule has 2 rings (SSSR count). The van der Waals surface area contributed by atoms with Crippen LogP contribution in [0, 0.1) is 0 Å². The lowest BCUT2D eigenvalue weighted by atomic mass is 10.3. The van der Waals surface area contributed by atoms with Crippen LogP contribution in [-0.4, -0.2) is 37.7 Å². The number of nitrogens with zero attached hydrogens (tertiary/aromatic N) is 1. The highest BCUT2D eigenvalue weighted by molar-refractivity contribution is 7.90. The number of pyridine rings is 1. The fraction of sp³-hybridized carbons (Fsp3) is 0.200. The predicted molar refractivity (Wildman–Crippen MR) is 60.5 cm³/mol. The summed E-state index contributed by atoms with van der Waals surface area (Å²) in [6, 6.07) is 1.46. The summed E-state index contributed by atoms with van der Waals surface area (Å²) in [5, 5.41) is 0.549. The number of rotatable bonds is 2. The van der Waals surface area contributed by atoms with Gasteiger partial charge in [-0.25, -0.2) is 13.2 Å². The zero-order valence-corrected chi connectivity index (χ0v) is 10.0. The maximum Gasteiger partial charge on any atom is 0.356 e. The second-order valence-corrected chi connectivity index (χ2v) is 5.55. The molecule has 2 aromatic rings. The molecule has 2 aromatic heterocycles. The van der Waals surface area contributed by atoms with E-state index in [-0.39, 0.29) is 10.6 Å². The van der Waals surface area contributed by atoms with Crippen LogP contribution in [0.5, 0.6) is 0 Å². The van der Waals surface area contributed by atoms with E-state index in [9.17, 15) is 13.2 Å². The third-order valence-electron chi connectivity index (χ3n) is 2.32. The number of sulfone groups is 1. The number of fused-ring (bicyclic) bond motifs is 1. The Balaban J connectivity index is 2.64. The molecule has 0 bridgehead atoms. The number of nitrogens with one attached hydrogen (secondary N) is 1. The van der Waals surface area contributed by atoms with Crippen molar-refractivity contribution in [3.63, 3.8) is 0 Å². The lowest BCUT2D eigenvalue weighted by Gasteiger charge is -1.98. The van der Waals surface area contributed by atoms with Crippen LogP contribution in [0.1, 0.15) is 10.5 Å². The van der Waals surface area contributed by atoms with Crippen molar-refractivity contribution in [2.75, 3.05) is 13.4 Å². The summed E-state index contributed by atoms with van der Waals surface area (Å²) in [7, 11) is -2.04. The van der Waals surface area contributed by atoms with Crippen molar-refractivity contribution < 1.29 is 17.9 Å². The molecule has 0 saturated carbocycles. The van der Waals surface area contributed by atoms with Gasteiger partial charge in [0.1, 0.15) is 5.52 Å². The van der Waals surface area contributed by atoms with Crippen molar-refractivity contribution in [3.8, 4) is 0 Å². The molecule has 0 spiro atoms. The zero-order valence-electron chi connectivity index (χ0n) is 9.22. The molecule has 0 fully saturated rings. The first-order chi connectivity index (χ1) is 7.93. The third kappa shape index (κ3) is 2.01. The molecule has 0 aliphatic rings. The molecule has 7 heteroatoms. The van der Waals surface area contributed by atoms with Crippen LogP contribution in [0.25, 0.3) is 10.9 Å². The summed E-state index contributed by atoms with van der Waals surface area (Å²) in [5.41, 5.74) is 0.604. The van der Waals surface area contributed by atoms with Crippen molar-refractivity contribution in [3.05, 3.63) is 24.2 Å². The first kappa shape index (κ1) is 11.6. The van der Waals surface area contributed by atoms with Crippen LogP contribution < -0.4 is 0 Å². The number of esters is 1. The molecule has 0 radical (unpaired) electrons. The normalized spacial score (nSPS) is 11.6. The van der Waals surface area contributed by atoms with E-state index in [1.165, 1.54) is 25.6 Å². The van der Waals surface area contributed by atoms with E-state index in [2.05, 4.69) is 14.7 Å². The number of aromatic amines is 1. The molecule has 6 nitrogen and oxygen atoms in total. The van der Waals surface area contributed by atoms with Crippen LogP contribution in [0.2, 0.25) is 0 Å². The fourth-order valence-electron chi connectivity index (χ4n) is 1.46. The number of carbonyl (C=O) groups excluding carboxylic acids is 1. The van der Waals surface area contributed by atoms with E-state index in [4.69, 9.17) is 0 Å². The Hall–Kier alpha value is -1.89. The van der Waals surface area contributed by atoms with Crippen molar-refractivity contribution in [1.29, 1.82) is 0 Å². The summed E-state index contributed by atoms with van der Waals surface area (Å²) in [5.74, 6) is -0.542. The molecule has 2 heterocycles. The average Bonchev–Trinajstić information content (AvgIpc) is 2.69. The van der Waals surface area contributed by atoms with E-state index >= 15 is 0 Å². The maximum absolute atomic E-state index is 11.4. The van der Waals surface area contributed by atoms with Crippen molar-refractivity contribution in [2.24, 2.45) is 0 Å². The zero-order chi connectivity index (χ0) is 12.6. The third-order valence-corrected chi connectivity index (χ3v) is 3.40. The molecule has 0 aliphatic carbocycles. The number of hydrogen-bond acceptors (Lipinski definition) is 5. The highest BCUT2D eigenvalue weighted by atomic mass is 32.2. The lowest BCUT2D eigenvalue weighted by molar-refractivity contribution is 0.0597. The molecular weight excluding hydrogens is 244 g/mol. The van der Waals surface area contributed by atoms with Crippen molar-refractivity contribution in [2.45, 2.75) is 4.90 Å². The summed E-state index contributed by atoms with van der Waals surface area (Å²) < 4.78 is 27.2. The highest BCUT2D eigenvalue weighted by Crippen LogP contribution is 2.20. The Bertz CT molecular complexity index is 687. The Morgan fingerprint density at radius 3 is 2.76 bits per heavy atom. The average molecular weight is 254 g/mol. The SMILES string of the molecule is COC(=O)c1[nH]cc2cc(S(C)(=O)=O)cnc12. The second-order valence-electron chi connectivity index (χ2n) is 3.54. The molecular formula is C10H10N2O4S. The molecule has 90 valence electrons.